The molecule has 1 saturated carbocycles. The fourth-order valence-electron chi connectivity index (χ4n) is 5.02. The lowest BCUT2D eigenvalue weighted by atomic mass is 9.83. The highest BCUT2D eigenvalue weighted by molar-refractivity contribution is 7.79. The van der Waals surface area contributed by atoms with Crippen molar-refractivity contribution in [3.63, 3.8) is 0 Å². The quantitative estimate of drug-likeness (QED) is 0.0976. The third-order valence-corrected chi connectivity index (χ3v) is 7.37. The third kappa shape index (κ3) is 11.0. The summed E-state index contributed by atoms with van der Waals surface area (Å²) in [5.74, 6) is -0.762. The van der Waals surface area contributed by atoms with E-state index in [2.05, 4.69) is 5.32 Å². The van der Waals surface area contributed by atoms with E-state index < -0.39 is 102 Å². The summed E-state index contributed by atoms with van der Waals surface area (Å²) in [5, 5.41) is 54.4. The van der Waals surface area contributed by atoms with E-state index in [0.717, 1.165) is 0 Å². The molecule has 3 fully saturated rings. The number of aliphatic hydroxyl groups is 5. The number of aliphatic hydroxyl groups excluding tert-OH is 5. The predicted octanol–water partition coefficient (Wildman–Crippen LogP) is -7.05. The molecule has 0 radical (unpaired) electrons. The standard InChI is InChI=1S/C22H44N6O10.H2O4S/c23-4-3-12(30)20(34)28-11-5-10(26)18(37-21-9(25)2-1-8(6-24)35-21)17(33)19(11)38-22-16(32)14(27)15(31)13(7-29)36-22;1-5(2,3)4/h8-19,21-22,29-33H,1-7,23-27H2,(H,28,34);(H2,1,2,3,4). The van der Waals surface area contributed by atoms with E-state index in [-0.39, 0.29) is 32.0 Å². The first-order valence-corrected chi connectivity index (χ1v) is 15.0. The van der Waals surface area contributed by atoms with Gasteiger partial charge in [-0.15, -0.1) is 0 Å². The van der Waals surface area contributed by atoms with Crippen molar-refractivity contribution in [2.75, 3.05) is 19.7 Å². The Hall–Kier alpha value is -1.22. The number of rotatable bonds is 10. The van der Waals surface area contributed by atoms with Gasteiger partial charge < -0.3 is 78.5 Å². The lowest BCUT2D eigenvalue weighted by Crippen LogP contribution is -2.69. The minimum Gasteiger partial charge on any atom is -0.394 e. The van der Waals surface area contributed by atoms with E-state index in [1.807, 2.05) is 0 Å². The summed E-state index contributed by atoms with van der Waals surface area (Å²) in [6.45, 7) is -0.296. The monoisotopic (exact) mass is 650 g/mol. The SMILES string of the molecule is NCCC(O)C(=O)NC1CC(N)C(OC2OC(CN)CCC2N)C(O)C1OC1OC(CO)C(O)C(N)C1O.O=S(=O)(O)O. The fourth-order valence-corrected chi connectivity index (χ4v) is 5.02. The van der Waals surface area contributed by atoms with E-state index in [9.17, 15) is 30.3 Å². The van der Waals surface area contributed by atoms with E-state index in [1.165, 1.54) is 0 Å². The van der Waals surface area contributed by atoms with Crippen LogP contribution in [-0.2, 0) is 34.1 Å². The Morgan fingerprint density at radius 2 is 1.53 bits per heavy atom. The van der Waals surface area contributed by atoms with Crippen molar-refractivity contribution in [2.24, 2.45) is 28.7 Å². The molecule has 2 saturated heterocycles. The van der Waals surface area contributed by atoms with Gasteiger partial charge in [0.25, 0.3) is 0 Å². The summed E-state index contributed by atoms with van der Waals surface area (Å²) < 4.78 is 54.9. The Morgan fingerprint density at radius 1 is 0.930 bits per heavy atom. The summed E-state index contributed by atoms with van der Waals surface area (Å²) in [6, 6.07) is -3.54. The minimum absolute atomic E-state index is 0.000983. The first-order valence-electron chi connectivity index (χ1n) is 13.6. The number of hydrogen-bond acceptors (Lipinski definition) is 17. The van der Waals surface area contributed by atoms with Crippen LogP contribution in [0.1, 0.15) is 25.7 Å². The second kappa shape index (κ2) is 16.9. The van der Waals surface area contributed by atoms with Crippen LogP contribution in [0.15, 0.2) is 0 Å². The largest absolute Gasteiger partial charge is 0.394 e. The van der Waals surface area contributed by atoms with Crippen molar-refractivity contribution in [1.82, 2.24) is 5.32 Å². The number of ether oxygens (including phenoxy) is 4. The van der Waals surface area contributed by atoms with Crippen LogP contribution in [0.3, 0.4) is 0 Å². The van der Waals surface area contributed by atoms with Gasteiger partial charge in [0.1, 0.15) is 42.7 Å². The first kappa shape index (κ1) is 38.0. The van der Waals surface area contributed by atoms with E-state index in [0.29, 0.717) is 12.8 Å². The van der Waals surface area contributed by atoms with Crippen molar-refractivity contribution in [3.8, 4) is 0 Å². The van der Waals surface area contributed by atoms with Crippen LogP contribution in [-0.4, -0.2) is 154 Å². The number of amides is 1. The summed E-state index contributed by atoms with van der Waals surface area (Å²) >= 11 is 0. The number of carbonyl (C=O) groups excluding carboxylic acids is 1. The van der Waals surface area contributed by atoms with Crippen molar-refractivity contribution >= 4 is 16.3 Å². The minimum atomic E-state index is -4.67. The fraction of sp³-hybridized carbons (Fsp3) is 0.955. The lowest BCUT2D eigenvalue weighted by molar-refractivity contribution is -0.314. The highest BCUT2D eigenvalue weighted by Gasteiger charge is 2.51. The first-order chi connectivity index (χ1) is 20.0. The van der Waals surface area contributed by atoms with E-state index >= 15 is 0 Å². The molecule has 14 unspecified atom stereocenters. The number of carbonyl (C=O) groups is 1. The Kier molecular flexibility index (Phi) is 14.9. The molecular formula is C22H46N6O14S. The second-order valence-electron chi connectivity index (χ2n) is 10.6. The molecule has 0 spiro atoms. The molecule has 3 rings (SSSR count). The molecule has 20 nitrogen and oxygen atoms in total. The maximum absolute atomic E-state index is 12.6. The molecule has 0 aromatic heterocycles. The van der Waals surface area contributed by atoms with Crippen molar-refractivity contribution in [1.29, 1.82) is 0 Å². The summed E-state index contributed by atoms with van der Waals surface area (Å²) in [5.41, 5.74) is 29.6. The predicted molar refractivity (Wildman–Crippen MR) is 145 cm³/mol. The highest BCUT2D eigenvalue weighted by atomic mass is 32.3. The molecule has 3 aliphatic rings. The van der Waals surface area contributed by atoms with Crippen LogP contribution in [0.2, 0.25) is 0 Å². The van der Waals surface area contributed by atoms with Gasteiger partial charge >= 0.3 is 10.4 Å². The van der Waals surface area contributed by atoms with E-state index in [1.54, 1.807) is 0 Å². The van der Waals surface area contributed by atoms with Gasteiger partial charge in [-0.3, -0.25) is 13.9 Å². The van der Waals surface area contributed by atoms with E-state index in [4.69, 9.17) is 65.1 Å². The second-order valence-corrected chi connectivity index (χ2v) is 11.5. The molecule has 18 N–H and O–H groups in total. The molecular weight excluding hydrogens is 604 g/mol. The molecule has 0 aromatic carbocycles. The smallest absolute Gasteiger partial charge is 0.394 e. The van der Waals surface area contributed by atoms with Gasteiger partial charge in [0, 0.05) is 12.6 Å². The van der Waals surface area contributed by atoms with Gasteiger partial charge in [-0.2, -0.15) is 8.42 Å². The van der Waals surface area contributed by atoms with Gasteiger partial charge in [0.05, 0.1) is 30.8 Å². The van der Waals surface area contributed by atoms with Crippen LogP contribution in [0.5, 0.6) is 0 Å². The average molecular weight is 651 g/mol. The zero-order valence-corrected chi connectivity index (χ0v) is 24.1. The molecule has 21 heteroatoms. The molecule has 0 aromatic rings. The molecule has 43 heavy (non-hydrogen) atoms. The van der Waals surface area contributed by atoms with Crippen LogP contribution < -0.4 is 34.0 Å². The molecule has 2 aliphatic heterocycles. The molecule has 0 bridgehead atoms. The van der Waals surface area contributed by atoms with Gasteiger partial charge in [0.2, 0.25) is 5.91 Å². The average Bonchev–Trinajstić information content (AvgIpc) is 2.93. The van der Waals surface area contributed by atoms with Gasteiger partial charge in [-0.25, -0.2) is 0 Å². The summed E-state index contributed by atoms with van der Waals surface area (Å²) in [7, 11) is -4.67. The van der Waals surface area contributed by atoms with Crippen molar-refractivity contribution in [3.05, 3.63) is 0 Å². The zero-order chi connectivity index (χ0) is 32.6. The Balaban J connectivity index is 0.00000119. The molecule has 1 amide bonds. The van der Waals surface area contributed by atoms with Crippen LogP contribution in [0.4, 0.5) is 0 Å². The van der Waals surface area contributed by atoms with Crippen LogP contribution in [0, 0.1) is 0 Å². The molecule has 14 atom stereocenters. The van der Waals surface area contributed by atoms with Crippen molar-refractivity contribution < 1.29 is 66.8 Å². The maximum atomic E-state index is 12.6. The zero-order valence-electron chi connectivity index (χ0n) is 23.3. The van der Waals surface area contributed by atoms with Crippen molar-refractivity contribution in [2.45, 2.75) is 111 Å². The highest BCUT2D eigenvalue weighted by Crippen LogP contribution is 2.31. The van der Waals surface area contributed by atoms with Crippen LogP contribution >= 0.6 is 0 Å². The summed E-state index contributed by atoms with van der Waals surface area (Å²) in [6.07, 6.45) is -10.8. The molecule has 1 aliphatic carbocycles. The Bertz CT molecular complexity index is 961. The summed E-state index contributed by atoms with van der Waals surface area (Å²) in [4.78, 5) is 12.6. The third-order valence-electron chi connectivity index (χ3n) is 7.37. The number of hydrogen-bond donors (Lipinski definition) is 13. The topological polar surface area (TPSA) is 372 Å². The lowest BCUT2D eigenvalue weighted by Gasteiger charge is -2.48. The number of nitrogens with one attached hydrogen (secondary N) is 1. The van der Waals surface area contributed by atoms with Crippen LogP contribution in [0.25, 0.3) is 0 Å². The number of nitrogens with two attached hydrogens (primary N) is 5. The Labute approximate surface area is 248 Å². The molecule has 2 heterocycles. The maximum Gasteiger partial charge on any atom is 0.394 e. The van der Waals surface area contributed by atoms with Gasteiger partial charge in [-0.05, 0) is 32.2 Å². The van der Waals surface area contributed by atoms with Gasteiger partial charge in [-0.1, -0.05) is 0 Å². The molecule has 254 valence electrons. The normalized spacial score (nSPS) is 41.1. The Morgan fingerprint density at radius 3 is 2.09 bits per heavy atom. The van der Waals surface area contributed by atoms with Gasteiger partial charge in [0.15, 0.2) is 12.6 Å².